The van der Waals surface area contributed by atoms with E-state index in [9.17, 15) is 9.90 Å². The van der Waals surface area contributed by atoms with Crippen molar-refractivity contribution in [1.29, 1.82) is 0 Å². The number of hydrogen-bond donors (Lipinski definition) is 0. The number of carbonyl (C=O) groups is 1. The van der Waals surface area contributed by atoms with Gasteiger partial charge in [-0.2, -0.15) is 0 Å². The Bertz CT molecular complexity index is 352. The maximum Gasteiger partial charge on any atom is 0.0771 e. The SMILES string of the molecule is O=C([O-])[C@H](Cl)Cc1ccc(Cl)cc1Cl. The topological polar surface area (TPSA) is 40.1 Å². The summed E-state index contributed by atoms with van der Waals surface area (Å²) < 4.78 is 0. The Hall–Kier alpha value is -0.440. The first kappa shape index (κ1) is 11.6. The van der Waals surface area contributed by atoms with Gasteiger partial charge in [-0.05, 0) is 24.1 Å². The molecular formula is C9H6Cl3O2-. The molecule has 0 spiro atoms. The van der Waals surface area contributed by atoms with Crippen LogP contribution in [-0.4, -0.2) is 11.3 Å². The van der Waals surface area contributed by atoms with Gasteiger partial charge in [-0.3, -0.25) is 0 Å². The zero-order valence-electron chi connectivity index (χ0n) is 6.97. The maximum atomic E-state index is 10.4. The second-order valence-electron chi connectivity index (χ2n) is 2.73. The van der Waals surface area contributed by atoms with Crippen LogP contribution in [0.5, 0.6) is 0 Å². The fourth-order valence-corrected chi connectivity index (χ4v) is 1.62. The molecule has 0 aliphatic rings. The van der Waals surface area contributed by atoms with E-state index in [0.717, 1.165) is 0 Å². The summed E-state index contributed by atoms with van der Waals surface area (Å²) in [5.74, 6) is -1.31. The molecule has 1 rings (SSSR count). The second-order valence-corrected chi connectivity index (χ2v) is 4.10. The maximum absolute atomic E-state index is 10.4. The van der Waals surface area contributed by atoms with Gasteiger partial charge in [-0.15, -0.1) is 11.6 Å². The van der Waals surface area contributed by atoms with Crippen LogP contribution in [0.15, 0.2) is 18.2 Å². The van der Waals surface area contributed by atoms with Gasteiger partial charge >= 0.3 is 0 Å². The number of halogens is 3. The lowest BCUT2D eigenvalue weighted by Gasteiger charge is -2.11. The molecule has 1 atom stereocenters. The van der Waals surface area contributed by atoms with E-state index in [1.807, 2.05) is 0 Å². The van der Waals surface area contributed by atoms with Crippen molar-refractivity contribution in [2.75, 3.05) is 0 Å². The molecule has 76 valence electrons. The minimum Gasteiger partial charge on any atom is -0.549 e. The molecule has 0 unspecified atom stereocenters. The minimum atomic E-state index is -1.31. The molecule has 0 saturated heterocycles. The van der Waals surface area contributed by atoms with Gasteiger partial charge in [0.2, 0.25) is 0 Å². The summed E-state index contributed by atoms with van der Waals surface area (Å²) in [6.45, 7) is 0. The van der Waals surface area contributed by atoms with Crippen molar-refractivity contribution in [3.8, 4) is 0 Å². The molecular weight excluding hydrogens is 246 g/mol. The summed E-state index contributed by atoms with van der Waals surface area (Å²) in [6, 6.07) is 4.81. The molecule has 1 aromatic carbocycles. The quantitative estimate of drug-likeness (QED) is 0.771. The molecule has 0 aliphatic carbocycles. The average Bonchev–Trinajstić information content (AvgIpc) is 2.09. The van der Waals surface area contributed by atoms with Crippen molar-refractivity contribution >= 4 is 40.8 Å². The van der Waals surface area contributed by atoms with Gasteiger partial charge in [-0.25, -0.2) is 0 Å². The van der Waals surface area contributed by atoms with Gasteiger partial charge in [0.25, 0.3) is 0 Å². The van der Waals surface area contributed by atoms with Crippen LogP contribution >= 0.6 is 34.8 Å². The van der Waals surface area contributed by atoms with Crippen molar-refractivity contribution in [1.82, 2.24) is 0 Å². The molecule has 14 heavy (non-hydrogen) atoms. The van der Waals surface area contributed by atoms with Gasteiger partial charge in [0.15, 0.2) is 0 Å². The third-order valence-corrected chi connectivity index (χ3v) is 2.59. The van der Waals surface area contributed by atoms with E-state index in [-0.39, 0.29) is 6.42 Å². The number of benzene rings is 1. The summed E-state index contributed by atoms with van der Waals surface area (Å²) in [5, 5.41) is 10.2. The molecule has 0 saturated carbocycles. The summed E-state index contributed by atoms with van der Waals surface area (Å²) >= 11 is 17.0. The molecule has 1 aromatic rings. The molecule has 0 aromatic heterocycles. The normalized spacial score (nSPS) is 12.5. The van der Waals surface area contributed by atoms with Crippen LogP contribution in [0.25, 0.3) is 0 Å². The highest BCUT2D eigenvalue weighted by Crippen LogP contribution is 2.22. The van der Waals surface area contributed by atoms with Gasteiger partial charge < -0.3 is 9.90 Å². The summed E-state index contributed by atoms with van der Waals surface area (Å²) in [7, 11) is 0. The molecule has 0 fully saturated rings. The first-order valence-electron chi connectivity index (χ1n) is 3.79. The van der Waals surface area contributed by atoms with Crippen molar-refractivity contribution < 1.29 is 9.90 Å². The predicted octanol–water partition coefficient (Wildman–Crippen LogP) is 1.89. The van der Waals surface area contributed by atoms with Gasteiger partial charge in [0.1, 0.15) is 0 Å². The van der Waals surface area contributed by atoms with E-state index in [1.54, 1.807) is 12.1 Å². The van der Waals surface area contributed by atoms with Crippen molar-refractivity contribution in [2.45, 2.75) is 11.8 Å². The van der Waals surface area contributed by atoms with Crippen molar-refractivity contribution in [3.63, 3.8) is 0 Å². The number of carboxylic acid groups (broad SMARTS) is 1. The summed E-state index contributed by atoms with van der Waals surface area (Å²) in [6.07, 6.45) is 0.125. The molecule has 0 bridgehead atoms. The fourth-order valence-electron chi connectivity index (χ4n) is 0.964. The van der Waals surface area contributed by atoms with E-state index >= 15 is 0 Å². The van der Waals surface area contributed by atoms with Crippen molar-refractivity contribution in [2.24, 2.45) is 0 Å². The molecule has 0 amide bonds. The Morgan fingerprint density at radius 3 is 2.57 bits per heavy atom. The smallest absolute Gasteiger partial charge is 0.0771 e. The Morgan fingerprint density at radius 1 is 1.43 bits per heavy atom. The number of rotatable bonds is 3. The lowest BCUT2D eigenvalue weighted by atomic mass is 10.1. The van der Waals surface area contributed by atoms with E-state index in [0.29, 0.717) is 15.6 Å². The van der Waals surface area contributed by atoms with Gasteiger partial charge in [0.05, 0.1) is 11.3 Å². The third kappa shape index (κ3) is 3.05. The van der Waals surface area contributed by atoms with Crippen LogP contribution in [-0.2, 0) is 11.2 Å². The van der Waals surface area contributed by atoms with Crippen LogP contribution in [0.1, 0.15) is 5.56 Å². The Morgan fingerprint density at radius 2 is 2.07 bits per heavy atom. The van der Waals surface area contributed by atoms with E-state index in [2.05, 4.69) is 0 Å². The van der Waals surface area contributed by atoms with Crippen LogP contribution in [0.3, 0.4) is 0 Å². The standard InChI is InChI=1S/C9H7Cl3O2/c10-6-2-1-5(7(11)4-6)3-8(12)9(13)14/h1-2,4,8H,3H2,(H,13,14)/p-1/t8-/m1/s1. The second kappa shape index (κ2) is 4.87. The highest BCUT2D eigenvalue weighted by atomic mass is 35.5. The molecule has 0 radical (unpaired) electrons. The van der Waals surface area contributed by atoms with Crippen LogP contribution in [0, 0.1) is 0 Å². The monoisotopic (exact) mass is 251 g/mol. The zero-order chi connectivity index (χ0) is 10.7. The molecule has 5 heteroatoms. The largest absolute Gasteiger partial charge is 0.549 e. The number of hydrogen-bond acceptors (Lipinski definition) is 2. The Balaban J connectivity index is 2.82. The number of aliphatic carboxylic acids is 1. The van der Waals surface area contributed by atoms with Crippen molar-refractivity contribution in [3.05, 3.63) is 33.8 Å². The molecule has 0 heterocycles. The van der Waals surface area contributed by atoms with E-state index in [4.69, 9.17) is 34.8 Å². The van der Waals surface area contributed by atoms with Gasteiger partial charge in [-0.1, -0.05) is 29.3 Å². The predicted molar refractivity (Wildman–Crippen MR) is 54.8 cm³/mol. The van der Waals surface area contributed by atoms with Crippen LogP contribution in [0.4, 0.5) is 0 Å². The Kier molecular flexibility index (Phi) is 4.05. The molecule has 0 N–H and O–H groups in total. The minimum absolute atomic E-state index is 0.125. The zero-order valence-corrected chi connectivity index (χ0v) is 9.23. The van der Waals surface area contributed by atoms with E-state index < -0.39 is 11.3 Å². The molecule has 0 aliphatic heterocycles. The average molecular weight is 253 g/mol. The highest BCUT2D eigenvalue weighted by molar-refractivity contribution is 6.35. The first-order valence-corrected chi connectivity index (χ1v) is 4.99. The summed E-state index contributed by atoms with van der Waals surface area (Å²) in [4.78, 5) is 10.4. The summed E-state index contributed by atoms with van der Waals surface area (Å²) in [5.41, 5.74) is 0.639. The number of alkyl halides is 1. The van der Waals surface area contributed by atoms with Crippen LogP contribution in [0.2, 0.25) is 10.0 Å². The third-order valence-electron chi connectivity index (χ3n) is 1.67. The lowest BCUT2D eigenvalue weighted by Crippen LogP contribution is -2.33. The number of carboxylic acids is 1. The van der Waals surface area contributed by atoms with Gasteiger partial charge in [0, 0.05) is 10.0 Å². The lowest BCUT2D eigenvalue weighted by molar-refractivity contribution is -0.305. The number of carbonyl (C=O) groups excluding carboxylic acids is 1. The van der Waals surface area contributed by atoms with Crippen LogP contribution < -0.4 is 5.11 Å². The Labute approximate surface area is 96.4 Å². The first-order chi connectivity index (χ1) is 6.50. The molecule has 2 nitrogen and oxygen atoms in total. The van der Waals surface area contributed by atoms with E-state index in [1.165, 1.54) is 6.07 Å². The fraction of sp³-hybridized carbons (Fsp3) is 0.222. The highest BCUT2D eigenvalue weighted by Gasteiger charge is 2.09.